The molecule has 0 bridgehead atoms. The summed E-state index contributed by atoms with van der Waals surface area (Å²) in [5.41, 5.74) is 1.54. The molecule has 0 nitrogen and oxygen atoms in total. The number of hydrogen-bond acceptors (Lipinski definition) is 0. The van der Waals surface area contributed by atoms with E-state index in [-0.39, 0.29) is 0 Å². The van der Waals surface area contributed by atoms with Crippen LogP contribution in [-0.2, 0) is 0 Å². The average molecular weight is 182 g/mol. The minimum Gasteiger partial charge on any atom is -0.0887 e. The van der Waals surface area contributed by atoms with E-state index in [0.29, 0.717) is 0 Å². The summed E-state index contributed by atoms with van der Waals surface area (Å²) in [7, 11) is 0. The molecule has 0 spiro atoms. The van der Waals surface area contributed by atoms with E-state index in [0.717, 1.165) is 5.92 Å². The summed E-state index contributed by atoms with van der Waals surface area (Å²) in [5, 5.41) is 0. The van der Waals surface area contributed by atoms with Gasteiger partial charge in [-0.15, -0.1) is 0 Å². The van der Waals surface area contributed by atoms with Crippen LogP contribution in [-0.4, -0.2) is 0 Å². The minimum atomic E-state index is 0.918. The van der Waals surface area contributed by atoms with Crippen molar-refractivity contribution in [3.05, 3.63) is 11.6 Å². The molecular formula is C13H26. The van der Waals surface area contributed by atoms with Gasteiger partial charge in [0.2, 0.25) is 0 Å². The van der Waals surface area contributed by atoms with Crippen LogP contribution in [0.1, 0.15) is 66.2 Å². The third kappa shape index (κ3) is 8.08. The van der Waals surface area contributed by atoms with Gasteiger partial charge in [0, 0.05) is 0 Å². The quantitative estimate of drug-likeness (QED) is 0.386. The lowest BCUT2D eigenvalue weighted by molar-refractivity contribution is 0.463. The monoisotopic (exact) mass is 182 g/mol. The molecular weight excluding hydrogens is 156 g/mol. The molecule has 1 unspecified atom stereocenters. The van der Waals surface area contributed by atoms with E-state index in [1.807, 2.05) is 0 Å². The number of rotatable bonds is 7. The van der Waals surface area contributed by atoms with Crippen LogP contribution in [0.25, 0.3) is 0 Å². The van der Waals surface area contributed by atoms with Crippen LogP contribution in [0, 0.1) is 5.92 Å². The van der Waals surface area contributed by atoms with Crippen molar-refractivity contribution in [3.8, 4) is 0 Å². The maximum Gasteiger partial charge on any atom is -0.0321 e. The molecule has 0 aliphatic rings. The standard InChI is InChI=1S/C13H26/c1-5-7-8-9-13(4)11-10-12(3)6-2/h6,13H,5,7-11H2,1-4H3. The first-order valence-electron chi connectivity index (χ1n) is 5.82. The smallest absolute Gasteiger partial charge is 0.0321 e. The summed E-state index contributed by atoms with van der Waals surface area (Å²) in [6.45, 7) is 9.03. The first kappa shape index (κ1) is 12.7. The highest BCUT2D eigenvalue weighted by molar-refractivity contribution is 4.95. The lowest BCUT2D eigenvalue weighted by Crippen LogP contribution is -1.95. The largest absolute Gasteiger partial charge is 0.0887 e. The first-order valence-corrected chi connectivity index (χ1v) is 5.82. The first-order chi connectivity index (χ1) is 6.20. The zero-order valence-corrected chi connectivity index (χ0v) is 9.90. The Bertz CT molecular complexity index is 133. The summed E-state index contributed by atoms with van der Waals surface area (Å²) in [6, 6.07) is 0. The van der Waals surface area contributed by atoms with Gasteiger partial charge in [-0.3, -0.25) is 0 Å². The Balaban J connectivity index is 3.34. The molecule has 13 heavy (non-hydrogen) atoms. The van der Waals surface area contributed by atoms with Gasteiger partial charge in [0.25, 0.3) is 0 Å². The van der Waals surface area contributed by atoms with E-state index in [1.54, 1.807) is 5.57 Å². The normalized spacial score (nSPS) is 14.6. The van der Waals surface area contributed by atoms with Gasteiger partial charge in [-0.1, -0.05) is 51.2 Å². The third-order valence-corrected chi connectivity index (χ3v) is 2.82. The Kier molecular flexibility index (Phi) is 8.18. The van der Waals surface area contributed by atoms with Gasteiger partial charge in [0.05, 0.1) is 0 Å². The van der Waals surface area contributed by atoms with Crippen molar-refractivity contribution in [1.82, 2.24) is 0 Å². The molecule has 0 fully saturated rings. The van der Waals surface area contributed by atoms with Crippen LogP contribution in [0.2, 0.25) is 0 Å². The van der Waals surface area contributed by atoms with Crippen LogP contribution >= 0.6 is 0 Å². The van der Waals surface area contributed by atoms with Gasteiger partial charge in [0.1, 0.15) is 0 Å². The van der Waals surface area contributed by atoms with Gasteiger partial charge in [0.15, 0.2) is 0 Å². The predicted molar refractivity (Wildman–Crippen MR) is 62.0 cm³/mol. The predicted octanol–water partition coefficient (Wildman–Crippen LogP) is 4.95. The molecule has 0 saturated carbocycles. The number of hydrogen-bond donors (Lipinski definition) is 0. The Morgan fingerprint density at radius 2 is 1.92 bits per heavy atom. The Hall–Kier alpha value is -0.260. The van der Waals surface area contributed by atoms with E-state index >= 15 is 0 Å². The Morgan fingerprint density at radius 3 is 2.46 bits per heavy atom. The molecule has 0 aromatic carbocycles. The van der Waals surface area contributed by atoms with Crippen LogP contribution in [0.4, 0.5) is 0 Å². The van der Waals surface area contributed by atoms with Gasteiger partial charge in [-0.25, -0.2) is 0 Å². The second-order valence-electron chi connectivity index (χ2n) is 4.27. The Labute approximate surface area is 84.4 Å². The summed E-state index contributed by atoms with van der Waals surface area (Å²) >= 11 is 0. The van der Waals surface area contributed by atoms with Crippen molar-refractivity contribution >= 4 is 0 Å². The van der Waals surface area contributed by atoms with Gasteiger partial charge in [-0.2, -0.15) is 0 Å². The molecule has 0 aromatic heterocycles. The highest BCUT2D eigenvalue weighted by atomic mass is 14.1. The number of unbranched alkanes of at least 4 members (excludes halogenated alkanes) is 2. The minimum absolute atomic E-state index is 0.918. The van der Waals surface area contributed by atoms with Gasteiger partial charge in [-0.05, 0) is 32.6 Å². The van der Waals surface area contributed by atoms with E-state index in [9.17, 15) is 0 Å². The lowest BCUT2D eigenvalue weighted by Gasteiger charge is -2.10. The van der Waals surface area contributed by atoms with Gasteiger partial charge < -0.3 is 0 Å². The summed E-state index contributed by atoms with van der Waals surface area (Å²) < 4.78 is 0. The molecule has 0 heteroatoms. The topological polar surface area (TPSA) is 0 Å². The maximum atomic E-state index is 2.39. The summed E-state index contributed by atoms with van der Waals surface area (Å²) in [4.78, 5) is 0. The van der Waals surface area contributed by atoms with Crippen LogP contribution in [0.5, 0.6) is 0 Å². The number of allylic oxidation sites excluding steroid dienone is 2. The molecule has 0 aromatic rings. The molecule has 0 heterocycles. The average Bonchev–Trinajstić information content (AvgIpc) is 2.14. The molecule has 0 aliphatic heterocycles. The molecule has 0 N–H and O–H groups in total. The summed E-state index contributed by atoms with van der Waals surface area (Å²) in [6.07, 6.45) is 10.5. The highest BCUT2D eigenvalue weighted by Crippen LogP contribution is 2.17. The molecule has 0 saturated heterocycles. The van der Waals surface area contributed by atoms with E-state index in [4.69, 9.17) is 0 Å². The highest BCUT2D eigenvalue weighted by Gasteiger charge is 2.01. The molecule has 0 aliphatic carbocycles. The molecule has 78 valence electrons. The Morgan fingerprint density at radius 1 is 1.23 bits per heavy atom. The van der Waals surface area contributed by atoms with Crippen LogP contribution < -0.4 is 0 Å². The van der Waals surface area contributed by atoms with Crippen LogP contribution in [0.3, 0.4) is 0 Å². The van der Waals surface area contributed by atoms with E-state index < -0.39 is 0 Å². The second kappa shape index (κ2) is 8.34. The van der Waals surface area contributed by atoms with Crippen molar-refractivity contribution in [2.75, 3.05) is 0 Å². The lowest BCUT2D eigenvalue weighted by atomic mass is 9.96. The van der Waals surface area contributed by atoms with E-state index in [2.05, 4.69) is 33.8 Å². The zero-order valence-electron chi connectivity index (χ0n) is 9.90. The molecule has 1 atom stereocenters. The van der Waals surface area contributed by atoms with E-state index in [1.165, 1.54) is 38.5 Å². The van der Waals surface area contributed by atoms with Crippen molar-refractivity contribution < 1.29 is 0 Å². The van der Waals surface area contributed by atoms with Crippen LogP contribution in [0.15, 0.2) is 11.6 Å². The van der Waals surface area contributed by atoms with Crippen molar-refractivity contribution in [2.24, 2.45) is 5.92 Å². The van der Waals surface area contributed by atoms with Crippen molar-refractivity contribution in [2.45, 2.75) is 66.2 Å². The van der Waals surface area contributed by atoms with Crippen molar-refractivity contribution in [3.63, 3.8) is 0 Å². The SMILES string of the molecule is CC=C(C)CCC(C)CCCCC. The zero-order chi connectivity index (χ0) is 10.1. The molecule has 0 radical (unpaired) electrons. The molecule has 0 rings (SSSR count). The summed E-state index contributed by atoms with van der Waals surface area (Å²) in [5.74, 6) is 0.918. The fourth-order valence-corrected chi connectivity index (χ4v) is 1.51. The van der Waals surface area contributed by atoms with Gasteiger partial charge >= 0.3 is 0 Å². The fourth-order valence-electron chi connectivity index (χ4n) is 1.51. The fraction of sp³-hybridized carbons (Fsp3) is 0.846. The van der Waals surface area contributed by atoms with Crippen molar-refractivity contribution in [1.29, 1.82) is 0 Å². The second-order valence-corrected chi connectivity index (χ2v) is 4.27. The molecule has 0 amide bonds. The maximum absolute atomic E-state index is 2.39. The third-order valence-electron chi connectivity index (χ3n) is 2.82.